The van der Waals surface area contributed by atoms with Crippen LogP contribution in [0.1, 0.15) is 19.3 Å². The number of piperidine rings is 1. The van der Waals surface area contributed by atoms with Crippen LogP contribution in [0.3, 0.4) is 0 Å². The second-order valence-corrected chi connectivity index (χ2v) is 7.29. The number of hydrogen-bond donors (Lipinski definition) is 2. The van der Waals surface area contributed by atoms with Crippen LogP contribution >= 0.6 is 11.6 Å². The second-order valence-electron chi connectivity index (χ2n) is 5.25. The fraction of sp³-hybridized carbons (Fsp3) is 0.500. The largest absolute Gasteiger partial charge is 0.495 e. The molecule has 1 aliphatic heterocycles. The Morgan fingerprint density at radius 2 is 1.96 bits per heavy atom. The molecule has 1 atom stereocenters. The van der Waals surface area contributed by atoms with E-state index in [9.17, 15) is 18.3 Å². The average Bonchev–Trinajstić information content (AvgIpc) is 2.55. The summed E-state index contributed by atoms with van der Waals surface area (Å²) in [6.45, 7) is 0.138. The normalized spacial score (nSPS) is 18.9. The second kappa shape index (κ2) is 7.45. The molecule has 24 heavy (non-hydrogen) atoms. The molecule has 1 aromatic rings. The van der Waals surface area contributed by atoms with Crippen molar-refractivity contribution in [2.45, 2.75) is 25.3 Å². The van der Waals surface area contributed by atoms with Crippen LogP contribution < -0.4 is 14.2 Å². The van der Waals surface area contributed by atoms with Crippen molar-refractivity contribution in [3.8, 4) is 11.5 Å². The molecule has 0 aliphatic carbocycles. The molecular formula is C14H19ClN2O6S. The molecule has 2 rings (SSSR count). The molecule has 0 aromatic heterocycles. The molecule has 134 valence electrons. The lowest BCUT2D eigenvalue weighted by Gasteiger charge is -2.32. The lowest BCUT2D eigenvalue weighted by Crippen LogP contribution is -2.49. The Hall–Kier alpha value is -1.71. The van der Waals surface area contributed by atoms with Crippen molar-refractivity contribution in [3.63, 3.8) is 0 Å². The molecule has 0 amide bonds. The lowest BCUT2D eigenvalue weighted by molar-refractivity contribution is -0.142. The summed E-state index contributed by atoms with van der Waals surface area (Å²) in [4.78, 5) is 11.3. The minimum Gasteiger partial charge on any atom is -0.495 e. The quantitative estimate of drug-likeness (QED) is 0.783. The highest BCUT2D eigenvalue weighted by Gasteiger charge is 2.37. The van der Waals surface area contributed by atoms with Crippen LogP contribution in [0.4, 0.5) is 5.69 Å². The SMILES string of the molecule is COc1cc(NS(=O)(=O)N2CCCC[C@H]2C(=O)O)c(OC)cc1Cl. The van der Waals surface area contributed by atoms with Crippen LogP contribution in [-0.4, -0.2) is 50.6 Å². The molecule has 2 N–H and O–H groups in total. The maximum atomic E-state index is 12.6. The van der Waals surface area contributed by atoms with E-state index >= 15 is 0 Å². The first-order valence-corrected chi connectivity index (χ1v) is 9.06. The van der Waals surface area contributed by atoms with Gasteiger partial charge >= 0.3 is 16.2 Å². The molecule has 1 heterocycles. The Balaban J connectivity index is 2.36. The van der Waals surface area contributed by atoms with E-state index in [1.165, 1.54) is 26.4 Å². The number of aliphatic carboxylic acids is 1. The van der Waals surface area contributed by atoms with Gasteiger partial charge in [-0.05, 0) is 19.3 Å². The number of nitrogens with zero attached hydrogens (tertiary/aromatic N) is 1. The number of hydrogen-bond acceptors (Lipinski definition) is 5. The van der Waals surface area contributed by atoms with E-state index in [1.54, 1.807) is 0 Å². The number of rotatable bonds is 6. The van der Waals surface area contributed by atoms with E-state index in [2.05, 4.69) is 4.72 Å². The maximum Gasteiger partial charge on any atom is 0.322 e. The summed E-state index contributed by atoms with van der Waals surface area (Å²) in [7, 11) is -1.31. The number of halogens is 1. The highest BCUT2D eigenvalue weighted by Crippen LogP contribution is 2.37. The average molecular weight is 379 g/mol. The minimum atomic E-state index is -4.08. The number of nitrogens with one attached hydrogen (secondary N) is 1. The van der Waals surface area contributed by atoms with Crippen LogP contribution in [0, 0.1) is 0 Å². The van der Waals surface area contributed by atoms with Gasteiger partial charge in [-0.3, -0.25) is 9.52 Å². The third-order valence-corrected chi connectivity index (χ3v) is 5.59. The van der Waals surface area contributed by atoms with Gasteiger partial charge in [-0.1, -0.05) is 11.6 Å². The highest BCUT2D eigenvalue weighted by molar-refractivity contribution is 7.90. The Labute approximate surface area is 145 Å². The predicted molar refractivity (Wildman–Crippen MR) is 89.1 cm³/mol. The van der Waals surface area contributed by atoms with Gasteiger partial charge in [-0.15, -0.1) is 0 Å². The van der Waals surface area contributed by atoms with Gasteiger partial charge in [0.2, 0.25) is 0 Å². The monoisotopic (exact) mass is 378 g/mol. The standard InChI is InChI=1S/C14H19ClN2O6S/c1-22-12-8-10(13(23-2)7-9(12)15)16-24(20,21)17-6-4-3-5-11(17)14(18)19/h7-8,11,16H,3-6H2,1-2H3,(H,18,19)/t11-/m0/s1. The van der Waals surface area contributed by atoms with Crippen LogP contribution in [0.5, 0.6) is 11.5 Å². The highest BCUT2D eigenvalue weighted by atomic mass is 35.5. The fourth-order valence-electron chi connectivity index (χ4n) is 2.58. The molecule has 1 aromatic carbocycles. The van der Waals surface area contributed by atoms with Crippen LogP contribution in [-0.2, 0) is 15.0 Å². The molecule has 1 fully saturated rings. The number of carbonyl (C=O) groups is 1. The molecule has 0 saturated carbocycles. The van der Waals surface area contributed by atoms with Gasteiger partial charge in [0.25, 0.3) is 0 Å². The molecule has 0 bridgehead atoms. The number of carboxylic acids is 1. The van der Waals surface area contributed by atoms with E-state index in [4.69, 9.17) is 21.1 Å². The number of carboxylic acid groups (broad SMARTS) is 1. The van der Waals surface area contributed by atoms with Crippen molar-refractivity contribution < 1.29 is 27.8 Å². The van der Waals surface area contributed by atoms with Crippen molar-refractivity contribution >= 4 is 33.5 Å². The molecule has 10 heteroatoms. The molecule has 0 radical (unpaired) electrons. The zero-order valence-corrected chi connectivity index (χ0v) is 14.9. The van der Waals surface area contributed by atoms with Crippen molar-refractivity contribution in [3.05, 3.63) is 17.2 Å². The molecule has 1 aliphatic rings. The molecule has 0 unspecified atom stereocenters. The Morgan fingerprint density at radius 1 is 1.29 bits per heavy atom. The van der Waals surface area contributed by atoms with Crippen molar-refractivity contribution in [1.82, 2.24) is 4.31 Å². The zero-order valence-electron chi connectivity index (χ0n) is 13.3. The maximum absolute atomic E-state index is 12.6. The van der Waals surface area contributed by atoms with E-state index in [1.807, 2.05) is 0 Å². The van der Waals surface area contributed by atoms with Gasteiger partial charge in [0.1, 0.15) is 17.5 Å². The van der Waals surface area contributed by atoms with Gasteiger partial charge in [0.05, 0.1) is 24.9 Å². The Morgan fingerprint density at radius 3 is 2.54 bits per heavy atom. The third-order valence-electron chi connectivity index (χ3n) is 3.76. The van der Waals surface area contributed by atoms with Crippen LogP contribution in [0.15, 0.2) is 12.1 Å². The molecule has 0 spiro atoms. The van der Waals surface area contributed by atoms with E-state index in [0.717, 1.165) is 4.31 Å². The molecular weight excluding hydrogens is 360 g/mol. The first-order chi connectivity index (χ1) is 11.3. The summed E-state index contributed by atoms with van der Waals surface area (Å²) in [6.07, 6.45) is 1.55. The van der Waals surface area contributed by atoms with Gasteiger partial charge in [-0.25, -0.2) is 0 Å². The Kier molecular flexibility index (Phi) is 5.79. The van der Waals surface area contributed by atoms with E-state index < -0.39 is 22.2 Å². The Bertz CT molecular complexity index is 724. The summed E-state index contributed by atoms with van der Waals surface area (Å²) < 4.78 is 38.8. The van der Waals surface area contributed by atoms with Crippen LogP contribution in [0.2, 0.25) is 5.02 Å². The van der Waals surface area contributed by atoms with Gasteiger partial charge in [0.15, 0.2) is 0 Å². The van der Waals surface area contributed by atoms with Crippen LogP contribution in [0.25, 0.3) is 0 Å². The summed E-state index contributed by atoms with van der Waals surface area (Å²) in [5, 5.41) is 9.52. The first-order valence-electron chi connectivity index (χ1n) is 7.24. The number of methoxy groups -OCH3 is 2. The van der Waals surface area contributed by atoms with Crippen molar-refractivity contribution in [2.24, 2.45) is 0 Å². The lowest BCUT2D eigenvalue weighted by atomic mass is 10.1. The van der Waals surface area contributed by atoms with E-state index in [-0.39, 0.29) is 35.2 Å². The summed E-state index contributed by atoms with van der Waals surface area (Å²) in [6, 6.07) is 1.72. The van der Waals surface area contributed by atoms with Crippen molar-refractivity contribution in [2.75, 3.05) is 25.5 Å². The molecule has 1 saturated heterocycles. The summed E-state index contributed by atoms with van der Waals surface area (Å²) in [5.41, 5.74) is 0.119. The number of anilines is 1. The predicted octanol–water partition coefficient (Wildman–Crippen LogP) is 1.95. The van der Waals surface area contributed by atoms with Gasteiger partial charge < -0.3 is 14.6 Å². The van der Waals surface area contributed by atoms with Gasteiger partial charge in [0, 0.05) is 18.7 Å². The molecule has 8 nitrogen and oxygen atoms in total. The fourth-order valence-corrected chi connectivity index (χ4v) is 4.26. The number of ether oxygens (including phenoxy) is 2. The smallest absolute Gasteiger partial charge is 0.322 e. The third kappa shape index (κ3) is 3.85. The first kappa shape index (κ1) is 18.6. The summed E-state index contributed by atoms with van der Waals surface area (Å²) in [5.74, 6) is -0.697. The minimum absolute atomic E-state index is 0.119. The van der Waals surface area contributed by atoms with E-state index in [0.29, 0.717) is 12.8 Å². The van der Waals surface area contributed by atoms with Crippen molar-refractivity contribution in [1.29, 1.82) is 0 Å². The summed E-state index contributed by atoms with van der Waals surface area (Å²) >= 11 is 5.99. The van der Waals surface area contributed by atoms with Gasteiger partial charge in [-0.2, -0.15) is 12.7 Å². The number of benzene rings is 1. The topological polar surface area (TPSA) is 105 Å². The zero-order chi connectivity index (χ0) is 17.9.